The topological polar surface area (TPSA) is 20.2 Å². The molecule has 86 valence electrons. The van der Waals surface area contributed by atoms with Crippen LogP contribution in [0.2, 0.25) is 0 Å². The second kappa shape index (κ2) is 4.98. The van der Waals surface area contributed by atoms with E-state index in [2.05, 4.69) is 26.8 Å². The van der Waals surface area contributed by atoms with E-state index in [9.17, 15) is 5.11 Å². The molecule has 0 spiro atoms. The van der Waals surface area contributed by atoms with Gasteiger partial charge in [0.15, 0.2) is 0 Å². The van der Waals surface area contributed by atoms with Gasteiger partial charge in [0.2, 0.25) is 0 Å². The van der Waals surface area contributed by atoms with Crippen LogP contribution in [0.1, 0.15) is 53.4 Å². The van der Waals surface area contributed by atoms with Crippen LogP contribution in [0.25, 0.3) is 0 Å². The van der Waals surface area contributed by atoms with Crippen molar-refractivity contribution in [3.05, 3.63) is 23.3 Å². The average molecular weight is 208 g/mol. The highest BCUT2D eigenvalue weighted by Crippen LogP contribution is 2.41. The lowest BCUT2D eigenvalue weighted by atomic mass is 9.71. The number of rotatable bonds is 3. The maximum absolute atomic E-state index is 9.17. The molecule has 0 fully saturated rings. The maximum atomic E-state index is 9.17. The Morgan fingerprint density at radius 1 is 1.47 bits per heavy atom. The van der Waals surface area contributed by atoms with Crippen molar-refractivity contribution in [2.45, 2.75) is 59.5 Å². The van der Waals surface area contributed by atoms with E-state index in [-0.39, 0.29) is 6.10 Å². The molecule has 0 amide bonds. The molecule has 0 bridgehead atoms. The van der Waals surface area contributed by atoms with Gasteiger partial charge in [-0.2, -0.15) is 0 Å². The third-order valence-electron chi connectivity index (χ3n) is 3.42. The Morgan fingerprint density at radius 2 is 2.13 bits per heavy atom. The number of aliphatic hydroxyl groups excluding tert-OH is 1. The molecule has 0 radical (unpaired) electrons. The minimum absolute atomic E-state index is 0.322. The van der Waals surface area contributed by atoms with Crippen LogP contribution in [-0.4, -0.2) is 11.2 Å². The van der Waals surface area contributed by atoms with Crippen molar-refractivity contribution in [3.8, 4) is 0 Å². The Bertz CT molecular complexity index is 269. The monoisotopic (exact) mass is 208 g/mol. The Hall–Kier alpha value is -0.560. The molecule has 1 aliphatic rings. The summed E-state index contributed by atoms with van der Waals surface area (Å²) in [5.41, 5.74) is 3.48. The Morgan fingerprint density at radius 3 is 2.67 bits per heavy atom. The second-order valence-corrected chi connectivity index (χ2v) is 5.37. The third-order valence-corrected chi connectivity index (χ3v) is 3.42. The summed E-state index contributed by atoms with van der Waals surface area (Å²) in [5, 5.41) is 9.17. The SMILES string of the molecule is CC1=C(CC=CC(C)O)C(C)(C)CCC1. The van der Waals surface area contributed by atoms with E-state index in [1.165, 1.54) is 19.3 Å². The molecule has 0 aromatic heterocycles. The first-order chi connectivity index (χ1) is 6.93. The summed E-state index contributed by atoms with van der Waals surface area (Å²) >= 11 is 0. The minimum atomic E-state index is -0.322. The van der Waals surface area contributed by atoms with Crippen molar-refractivity contribution >= 4 is 0 Å². The summed E-state index contributed by atoms with van der Waals surface area (Å²) < 4.78 is 0. The predicted octanol–water partition coefficient (Wildman–Crippen LogP) is 3.84. The Balaban J connectivity index is 2.72. The lowest BCUT2D eigenvalue weighted by molar-refractivity contribution is 0.243. The number of hydrogen-bond acceptors (Lipinski definition) is 1. The molecule has 0 heterocycles. The summed E-state index contributed by atoms with van der Waals surface area (Å²) in [5.74, 6) is 0. The fraction of sp³-hybridized carbons (Fsp3) is 0.714. The Labute approximate surface area is 93.9 Å². The van der Waals surface area contributed by atoms with Crippen LogP contribution < -0.4 is 0 Å². The first kappa shape index (κ1) is 12.5. The summed E-state index contributed by atoms with van der Waals surface area (Å²) in [4.78, 5) is 0. The summed E-state index contributed by atoms with van der Waals surface area (Å²) in [6.45, 7) is 8.72. The van der Waals surface area contributed by atoms with Crippen molar-refractivity contribution in [2.75, 3.05) is 0 Å². The number of aliphatic hydroxyl groups is 1. The van der Waals surface area contributed by atoms with Gasteiger partial charge in [-0.15, -0.1) is 0 Å². The van der Waals surface area contributed by atoms with Gasteiger partial charge in [0, 0.05) is 0 Å². The zero-order valence-electron chi connectivity index (χ0n) is 10.5. The molecule has 1 N–H and O–H groups in total. The summed E-state index contributed by atoms with van der Waals surface area (Å²) in [6.07, 6.45) is 8.54. The smallest absolute Gasteiger partial charge is 0.0692 e. The highest BCUT2D eigenvalue weighted by molar-refractivity contribution is 5.24. The van der Waals surface area contributed by atoms with Gasteiger partial charge in [-0.3, -0.25) is 0 Å². The minimum Gasteiger partial charge on any atom is -0.389 e. The van der Waals surface area contributed by atoms with Crippen molar-refractivity contribution in [1.82, 2.24) is 0 Å². The molecule has 1 heteroatoms. The molecule has 15 heavy (non-hydrogen) atoms. The van der Waals surface area contributed by atoms with Crippen molar-refractivity contribution in [1.29, 1.82) is 0 Å². The molecule has 0 saturated carbocycles. The van der Waals surface area contributed by atoms with Crippen LogP contribution in [0.3, 0.4) is 0 Å². The van der Waals surface area contributed by atoms with Crippen LogP contribution >= 0.6 is 0 Å². The van der Waals surface area contributed by atoms with Gasteiger partial charge >= 0.3 is 0 Å². The first-order valence-electron chi connectivity index (χ1n) is 5.97. The molecule has 1 aliphatic carbocycles. The van der Waals surface area contributed by atoms with Crippen LogP contribution in [0, 0.1) is 5.41 Å². The van der Waals surface area contributed by atoms with Gasteiger partial charge in [0.05, 0.1) is 6.10 Å². The predicted molar refractivity (Wildman–Crippen MR) is 65.8 cm³/mol. The fourth-order valence-corrected chi connectivity index (χ4v) is 2.51. The van der Waals surface area contributed by atoms with Crippen LogP contribution in [0.5, 0.6) is 0 Å². The first-order valence-corrected chi connectivity index (χ1v) is 5.97. The van der Waals surface area contributed by atoms with E-state index >= 15 is 0 Å². The zero-order valence-corrected chi connectivity index (χ0v) is 10.5. The van der Waals surface area contributed by atoms with Gasteiger partial charge in [-0.25, -0.2) is 0 Å². The van der Waals surface area contributed by atoms with Gasteiger partial charge in [0.1, 0.15) is 0 Å². The van der Waals surface area contributed by atoms with E-state index in [0.29, 0.717) is 5.41 Å². The average Bonchev–Trinajstić information content (AvgIpc) is 2.09. The molecule has 1 unspecified atom stereocenters. The molecule has 1 atom stereocenters. The van der Waals surface area contributed by atoms with Crippen LogP contribution in [0.15, 0.2) is 23.3 Å². The lowest BCUT2D eigenvalue weighted by Crippen LogP contribution is -2.20. The molecule has 0 saturated heterocycles. The normalized spacial score (nSPS) is 23.5. The van der Waals surface area contributed by atoms with E-state index in [0.717, 1.165) is 6.42 Å². The zero-order chi connectivity index (χ0) is 11.5. The molecular weight excluding hydrogens is 184 g/mol. The highest BCUT2D eigenvalue weighted by Gasteiger charge is 2.27. The molecular formula is C14H24O. The molecule has 0 aromatic carbocycles. The molecule has 1 nitrogen and oxygen atoms in total. The quantitative estimate of drug-likeness (QED) is 0.699. The van der Waals surface area contributed by atoms with Crippen molar-refractivity contribution in [2.24, 2.45) is 5.41 Å². The van der Waals surface area contributed by atoms with Crippen molar-refractivity contribution < 1.29 is 5.11 Å². The maximum Gasteiger partial charge on any atom is 0.0692 e. The number of allylic oxidation sites excluding steroid dienone is 3. The molecule has 1 rings (SSSR count). The Kier molecular flexibility index (Phi) is 4.15. The van der Waals surface area contributed by atoms with Crippen LogP contribution in [0.4, 0.5) is 0 Å². The van der Waals surface area contributed by atoms with E-state index in [1.54, 1.807) is 18.1 Å². The third kappa shape index (κ3) is 3.49. The van der Waals surface area contributed by atoms with Gasteiger partial charge in [-0.1, -0.05) is 37.1 Å². The van der Waals surface area contributed by atoms with Crippen molar-refractivity contribution in [3.63, 3.8) is 0 Å². The van der Waals surface area contributed by atoms with Crippen LogP contribution in [-0.2, 0) is 0 Å². The van der Waals surface area contributed by atoms with Gasteiger partial charge < -0.3 is 5.11 Å². The van der Waals surface area contributed by atoms with E-state index < -0.39 is 0 Å². The summed E-state index contributed by atoms with van der Waals surface area (Å²) in [7, 11) is 0. The molecule has 0 aliphatic heterocycles. The second-order valence-electron chi connectivity index (χ2n) is 5.37. The van der Waals surface area contributed by atoms with Gasteiger partial charge in [-0.05, 0) is 44.9 Å². The number of hydrogen-bond donors (Lipinski definition) is 1. The highest BCUT2D eigenvalue weighted by atomic mass is 16.3. The summed E-state index contributed by atoms with van der Waals surface area (Å²) in [6, 6.07) is 0. The van der Waals surface area contributed by atoms with Gasteiger partial charge in [0.25, 0.3) is 0 Å². The van der Waals surface area contributed by atoms with E-state index in [4.69, 9.17) is 0 Å². The lowest BCUT2D eigenvalue weighted by Gasteiger charge is -2.34. The fourth-order valence-electron chi connectivity index (χ4n) is 2.51. The largest absolute Gasteiger partial charge is 0.389 e. The standard InChI is InChI=1S/C14H24O/c1-11-7-6-10-14(3,4)13(11)9-5-8-12(2)15/h5,8,12,15H,6-7,9-10H2,1-4H3. The molecule has 0 aromatic rings. The van der Waals surface area contributed by atoms with E-state index in [1.807, 2.05) is 6.08 Å².